The van der Waals surface area contributed by atoms with E-state index >= 15 is 0 Å². The molecule has 1 aromatic carbocycles. The average molecular weight is 395 g/mol. The summed E-state index contributed by atoms with van der Waals surface area (Å²) in [7, 11) is -4.81. The fourth-order valence-corrected chi connectivity index (χ4v) is 31.0. The van der Waals surface area contributed by atoms with E-state index in [1.54, 1.807) is 11.1 Å². The van der Waals surface area contributed by atoms with Crippen molar-refractivity contribution in [3.05, 3.63) is 35.4 Å². The van der Waals surface area contributed by atoms with Crippen molar-refractivity contribution < 1.29 is 0 Å². The summed E-state index contributed by atoms with van der Waals surface area (Å²) in [5.41, 5.74) is 3.25. The molecule has 1 aromatic rings. The van der Waals surface area contributed by atoms with E-state index in [2.05, 4.69) is 103 Å². The molecule has 0 aliphatic carbocycles. The Bertz CT molecular complexity index is 454. The van der Waals surface area contributed by atoms with E-state index in [9.17, 15) is 0 Å². The summed E-state index contributed by atoms with van der Waals surface area (Å²) in [6.07, 6.45) is 0. The predicted octanol–water partition coefficient (Wildman–Crippen LogP) is 7.36. The van der Waals surface area contributed by atoms with Crippen LogP contribution in [0.5, 0.6) is 0 Å². The molecule has 0 radical (unpaired) electrons. The van der Waals surface area contributed by atoms with Crippen molar-refractivity contribution in [2.24, 2.45) is 0 Å². The summed E-state index contributed by atoms with van der Waals surface area (Å²) in [5, 5.41) is 1.69. The number of hydrogen-bond acceptors (Lipinski definition) is 0. The van der Waals surface area contributed by atoms with Crippen molar-refractivity contribution in [1.29, 1.82) is 0 Å². The van der Waals surface area contributed by atoms with Crippen LogP contribution in [0.15, 0.2) is 24.3 Å². The van der Waals surface area contributed by atoms with Crippen LogP contribution in [0.3, 0.4) is 0 Å². The summed E-state index contributed by atoms with van der Waals surface area (Å²) in [5.74, 6) is 0. The van der Waals surface area contributed by atoms with Gasteiger partial charge in [-0.2, -0.15) is 0 Å². The van der Waals surface area contributed by atoms with E-state index in [0.29, 0.717) is 0 Å². The molecule has 0 bridgehead atoms. The zero-order valence-corrected chi connectivity index (χ0v) is 22.5. The lowest BCUT2D eigenvalue weighted by molar-refractivity contribution is 1.14. The topological polar surface area (TPSA) is 0 Å². The zero-order valence-electron chi connectivity index (χ0n) is 18.5. The van der Waals surface area contributed by atoms with Crippen molar-refractivity contribution in [2.75, 3.05) is 0 Å². The number of rotatable bonds is 6. The van der Waals surface area contributed by atoms with Crippen molar-refractivity contribution in [3.63, 3.8) is 0 Å². The van der Waals surface area contributed by atoms with Gasteiger partial charge < -0.3 is 0 Å². The first-order chi connectivity index (χ1) is 10.5. The van der Waals surface area contributed by atoms with E-state index in [0.717, 1.165) is 10.3 Å². The lowest BCUT2D eigenvalue weighted by atomic mass is 10.2. The number of benzene rings is 1. The molecule has 0 N–H and O–H groups in total. The van der Waals surface area contributed by atoms with Crippen LogP contribution in [0, 0.1) is 0 Å². The molecule has 0 amide bonds. The largest absolute Gasteiger partial charge is 0.0693 e. The molecule has 0 fully saturated rings. The third-order valence-electron chi connectivity index (χ3n) is 5.07. The normalized spacial score (nSPS) is 14.6. The van der Waals surface area contributed by atoms with Gasteiger partial charge in [0.25, 0.3) is 0 Å². The molecule has 0 saturated carbocycles. The summed E-state index contributed by atoms with van der Waals surface area (Å²) in [6, 6.07) is 10.0. The summed E-state index contributed by atoms with van der Waals surface area (Å²) in [4.78, 5) is 0. The molecular weight excluding hydrogens is 353 g/mol. The molecule has 0 heterocycles. The molecule has 0 nitrogen and oxygen atoms in total. The minimum Gasteiger partial charge on any atom is -0.0693 e. The molecule has 0 spiro atoms. The minimum atomic E-state index is -1.20. The van der Waals surface area contributed by atoms with Crippen molar-refractivity contribution in [3.8, 4) is 0 Å². The Hall–Kier alpha value is 0.0875. The molecule has 138 valence electrons. The quantitative estimate of drug-likeness (QED) is 0.442. The zero-order chi connectivity index (χ0) is 19.1. The van der Waals surface area contributed by atoms with Crippen LogP contribution in [0.4, 0.5) is 0 Å². The van der Waals surface area contributed by atoms with Gasteiger partial charge in [0.05, 0.1) is 0 Å². The summed E-state index contributed by atoms with van der Waals surface area (Å²) >= 11 is 0. The van der Waals surface area contributed by atoms with Gasteiger partial charge in [-0.15, -0.1) is 0 Å². The lowest BCUT2D eigenvalue weighted by Gasteiger charge is -2.40. The molecule has 0 unspecified atom stereocenters. The van der Waals surface area contributed by atoms with Crippen LogP contribution in [0.25, 0.3) is 0 Å². The summed E-state index contributed by atoms with van der Waals surface area (Å²) < 4.78 is 0. The minimum absolute atomic E-state index is 0.844. The molecule has 24 heavy (non-hydrogen) atoms. The molecule has 0 aliphatic rings. The molecule has 0 saturated heterocycles. The van der Waals surface area contributed by atoms with Gasteiger partial charge in [0, 0.05) is 32.3 Å². The smallest absolute Gasteiger partial charge is 0.0493 e. The maximum Gasteiger partial charge on any atom is 0.0493 e. The van der Waals surface area contributed by atoms with Gasteiger partial charge in [-0.1, -0.05) is 114 Å². The van der Waals surface area contributed by atoms with E-state index in [1.165, 1.54) is 0 Å². The Balaban J connectivity index is 3.34. The van der Waals surface area contributed by atoms with E-state index in [1.807, 2.05) is 0 Å². The van der Waals surface area contributed by atoms with Crippen LogP contribution in [0.1, 0.15) is 21.5 Å². The van der Waals surface area contributed by atoms with Crippen molar-refractivity contribution >= 4 is 32.3 Å². The van der Waals surface area contributed by atoms with Crippen LogP contribution in [-0.2, 0) is 0 Å². The Morgan fingerprint density at radius 3 is 0.708 bits per heavy atom. The second-order valence-corrected chi connectivity index (χ2v) is 34.4. The monoisotopic (exact) mass is 394 g/mol. The maximum atomic E-state index is 2.55. The second kappa shape index (κ2) is 7.01. The fraction of sp³-hybridized carbons (Fsp3) is 0.700. The average Bonchev–Trinajstić information content (AvgIpc) is 2.23. The Labute approximate surface area is 156 Å². The lowest BCUT2D eigenvalue weighted by Crippen LogP contribution is -2.47. The second-order valence-electron chi connectivity index (χ2n) is 12.0. The van der Waals surface area contributed by atoms with Gasteiger partial charge in [-0.3, -0.25) is 0 Å². The molecule has 0 aromatic heterocycles. The maximum absolute atomic E-state index is 2.55. The van der Waals surface area contributed by atoms with Crippen molar-refractivity contribution in [1.82, 2.24) is 0 Å². The first kappa shape index (κ1) is 22.1. The molecule has 4 heteroatoms. The Kier molecular flexibility index (Phi) is 6.46. The van der Waals surface area contributed by atoms with Crippen LogP contribution < -0.4 is 0 Å². The highest BCUT2D eigenvalue weighted by atomic mass is 28.4. The third kappa shape index (κ3) is 5.54. The first-order valence-corrected chi connectivity index (χ1v) is 23.9. The van der Waals surface area contributed by atoms with Gasteiger partial charge in [0.2, 0.25) is 0 Å². The van der Waals surface area contributed by atoms with Gasteiger partial charge in [-0.25, -0.2) is 0 Å². The van der Waals surface area contributed by atoms with Gasteiger partial charge in [0.1, 0.15) is 0 Å². The highest BCUT2D eigenvalue weighted by Gasteiger charge is 2.40. The fourth-order valence-electron chi connectivity index (χ4n) is 5.48. The van der Waals surface area contributed by atoms with Gasteiger partial charge >= 0.3 is 0 Å². The Morgan fingerprint density at radius 2 is 0.583 bits per heavy atom. The summed E-state index contributed by atoms with van der Waals surface area (Å²) in [6.45, 7) is 30.6. The van der Waals surface area contributed by atoms with E-state index in [-0.39, 0.29) is 0 Å². The molecule has 0 aliphatic heterocycles. The van der Waals surface area contributed by atoms with Crippen molar-refractivity contribution in [2.45, 2.75) is 88.9 Å². The van der Waals surface area contributed by atoms with Crippen LogP contribution in [0.2, 0.25) is 78.6 Å². The standard InChI is InChI=1S/C20H42Si4/c1-21(2,3)19(22(4,5)6)17-13-15-18(16-14-17)20(23(7,8)9)24(10,11)12/h13-16,19-20H,1-12H3. The first-order valence-electron chi connectivity index (χ1n) is 9.55. The van der Waals surface area contributed by atoms with Gasteiger partial charge in [-0.05, 0) is 10.3 Å². The Morgan fingerprint density at radius 1 is 0.417 bits per heavy atom. The van der Waals surface area contributed by atoms with Crippen LogP contribution in [-0.4, -0.2) is 32.3 Å². The van der Waals surface area contributed by atoms with E-state index in [4.69, 9.17) is 0 Å². The van der Waals surface area contributed by atoms with Gasteiger partial charge in [0.15, 0.2) is 0 Å². The van der Waals surface area contributed by atoms with E-state index < -0.39 is 32.3 Å². The number of hydrogen-bond donors (Lipinski definition) is 0. The molecular formula is C20H42Si4. The van der Waals surface area contributed by atoms with Crippen LogP contribution >= 0.6 is 0 Å². The highest BCUT2D eigenvalue weighted by Crippen LogP contribution is 2.39. The molecule has 0 atom stereocenters. The third-order valence-corrected chi connectivity index (χ3v) is 23.7. The predicted molar refractivity (Wildman–Crippen MR) is 125 cm³/mol. The SMILES string of the molecule is C[Si](C)(C)C(c1ccc(C([Si](C)(C)C)[Si](C)(C)C)cc1)[Si](C)(C)C. The molecule has 1 rings (SSSR count). The highest BCUT2D eigenvalue weighted by molar-refractivity contribution is 6.96.